The number of carbonyl (C=O) groups excluding carboxylic acids is 1. The quantitative estimate of drug-likeness (QED) is 0.846. The van der Waals surface area contributed by atoms with Gasteiger partial charge in [0.15, 0.2) is 0 Å². The van der Waals surface area contributed by atoms with Crippen molar-refractivity contribution in [2.45, 2.75) is 50.1 Å². The molecule has 1 amide bonds. The molecule has 2 aromatic rings. The molecule has 0 aliphatic heterocycles. The van der Waals surface area contributed by atoms with Crippen molar-refractivity contribution in [3.05, 3.63) is 65.2 Å². The summed E-state index contributed by atoms with van der Waals surface area (Å²) in [6, 6.07) is 14.0. The van der Waals surface area contributed by atoms with Crippen LogP contribution >= 0.6 is 0 Å². The van der Waals surface area contributed by atoms with E-state index in [9.17, 15) is 13.2 Å². The zero-order valence-corrected chi connectivity index (χ0v) is 15.8. The van der Waals surface area contributed by atoms with Crippen LogP contribution in [0, 0.1) is 0 Å². The van der Waals surface area contributed by atoms with Crippen LogP contribution in [0.25, 0.3) is 0 Å². The van der Waals surface area contributed by atoms with E-state index in [2.05, 4.69) is 16.1 Å². The average Bonchev–Trinajstić information content (AvgIpc) is 2.61. The minimum Gasteiger partial charge on any atom is -0.345 e. The molecule has 0 unspecified atom stereocenters. The molecule has 0 spiro atoms. The number of rotatable bonds is 5. The maximum Gasteiger partial charge on any atom is 0.251 e. The minimum atomic E-state index is -3.63. The van der Waals surface area contributed by atoms with Crippen molar-refractivity contribution in [2.75, 3.05) is 0 Å². The Morgan fingerprint density at radius 3 is 2.65 bits per heavy atom. The van der Waals surface area contributed by atoms with Crippen LogP contribution in [0.15, 0.2) is 53.4 Å². The van der Waals surface area contributed by atoms with Gasteiger partial charge in [-0.05, 0) is 62.4 Å². The summed E-state index contributed by atoms with van der Waals surface area (Å²) in [6.07, 6.45) is 2.93. The average molecular weight is 372 g/mol. The Morgan fingerprint density at radius 2 is 1.88 bits per heavy atom. The number of nitrogens with one attached hydrogen (secondary N) is 2. The number of sulfonamides is 1. The van der Waals surface area contributed by atoms with Gasteiger partial charge in [-0.15, -0.1) is 0 Å². The molecule has 1 atom stereocenters. The molecule has 2 aromatic carbocycles. The Morgan fingerprint density at radius 1 is 1.12 bits per heavy atom. The van der Waals surface area contributed by atoms with Gasteiger partial charge in [-0.2, -0.15) is 0 Å². The Hall–Kier alpha value is -2.18. The monoisotopic (exact) mass is 372 g/mol. The van der Waals surface area contributed by atoms with Gasteiger partial charge in [-0.1, -0.05) is 30.3 Å². The molecule has 0 fully saturated rings. The molecule has 0 bridgehead atoms. The summed E-state index contributed by atoms with van der Waals surface area (Å²) in [7, 11) is -3.63. The lowest BCUT2D eigenvalue weighted by molar-refractivity contribution is 0.0932. The Bertz CT molecular complexity index is 907. The highest BCUT2D eigenvalue weighted by atomic mass is 32.2. The third kappa shape index (κ3) is 4.14. The van der Waals surface area contributed by atoms with Crippen molar-refractivity contribution >= 4 is 15.9 Å². The normalized spacial score (nSPS) is 17.0. The molecule has 5 nitrogen and oxygen atoms in total. The van der Waals surface area contributed by atoms with Crippen molar-refractivity contribution in [3.8, 4) is 0 Å². The van der Waals surface area contributed by atoms with Gasteiger partial charge in [0.05, 0.1) is 10.9 Å². The van der Waals surface area contributed by atoms with Gasteiger partial charge < -0.3 is 5.32 Å². The van der Waals surface area contributed by atoms with Crippen LogP contribution in [-0.2, 0) is 16.4 Å². The lowest BCUT2D eigenvalue weighted by atomic mass is 9.87. The molecule has 0 aromatic heterocycles. The lowest BCUT2D eigenvalue weighted by Gasteiger charge is -2.26. The second-order valence-electron chi connectivity index (χ2n) is 6.92. The van der Waals surface area contributed by atoms with Gasteiger partial charge in [0.1, 0.15) is 0 Å². The van der Waals surface area contributed by atoms with E-state index in [1.54, 1.807) is 26.0 Å². The van der Waals surface area contributed by atoms with Crippen molar-refractivity contribution in [2.24, 2.45) is 0 Å². The summed E-state index contributed by atoms with van der Waals surface area (Å²) >= 11 is 0. The first kappa shape index (κ1) is 18.6. The number of amides is 1. The van der Waals surface area contributed by atoms with Gasteiger partial charge in [0, 0.05) is 11.6 Å². The van der Waals surface area contributed by atoms with Gasteiger partial charge >= 0.3 is 0 Å². The van der Waals surface area contributed by atoms with E-state index in [1.807, 2.05) is 18.2 Å². The Kier molecular flexibility index (Phi) is 5.44. The van der Waals surface area contributed by atoms with E-state index in [0.29, 0.717) is 5.56 Å². The fourth-order valence-electron chi connectivity index (χ4n) is 3.33. The van der Waals surface area contributed by atoms with Crippen LogP contribution in [0.3, 0.4) is 0 Å². The van der Waals surface area contributed by atoms with Crippen molar-refractivity contribution in [3.63, 3.8) is 0 Å². The third-order valence-electron chi connectivity index (χ3n) is 4.47. The predicted octanol–water partition coefficient (Wildman–Crippen LogP) is 3.18. The van der Waals surface area contributed by atoms with E-state index in [0.717, 1.165) is 24.8 Å². The van der Waals surface area contributed by atoms with Crippen LogP contribution in [0.4, 0.5) is 0 Å². The molecule has 6 heteroatoms. The summed E-state index contributed by atoms with van der Waals surface area (Å²) in [5.74, 6) is -0.256. The first-order valence-corrected chi connectivity index (χ1v) is 10.4. The standard InChI is InChI=1S/C20H24N2O3S/c1-14(2)22-26(24,25)17-10-5-9-16(13-17)20(23)21-19-12-6-8-15-7-3-4-11-18(15)19/h3-5,7,9-11,13-14,19,22H,6,8,12H2,1-2H3,(H,21,23)/t19-/m1/s1. The molecule has 2 N–H and O–H groups in total. The molecule has 26 heavy (non-hydrogen) atoms. The number of carbonyl (C=O) groups is 1. The topological polar surface area (TPSA) is 75.3 Å². The lowest BCUT2D eigenvalue weighted by Crippen LogP contribution is -2.32. The van der Waals surface area contributed by atoms with E-state index in [1.165, 1.54) is 17.7 Å². The molecular weight excluding hydrogens is 348 g/mol. The van der Waals surface area contributed by atoms with Gasteiger partial charge in [0.25, 0.3) is 5.91 Å². The van der Waals surface area contributed by atoms with Gasteiger partial charge in [-0.3, -0.25) is 4.79 Å². The zero-order valence-electron chi connectivity index (χ0n) is 15.0. The van der Waals surface area contributed by atoms with E-state index >= 15 is 0 Å². The number of hydrogen-bond acceptors (Lipinski definition) is 3. The van der Waals surface area contributed by atoms with Crippen molar-refractivity contribution < 1.29 is 13.2 Å². The fourth-order valence-corrected chi connectivity index (χ4v) is 4.62. The third-order valence-corrected chi connectivity index (χ3v) is 6.13. The highest BCUT2D eigenvalue weighted by Gasteiger charge is 2.23. The molecule has 0 saturated carbocycles. The summed E-state index contributed by atoms with van der Waals surface area (Å²) < 4.78 is 27.2. The largest absolute Gasteiger partial charge is 0.345 e. The second kappa shape index (κ2) is 7.60. The molecule has 3 rings (SSSR count). The summed E-state index contributed by atoms with van der Waals surface area (Å²) in [6.45, 7) is 3.52. The number of fused-ring (bicyclic) bond motifs is 1. The van der Waals surface area contributed by atoms with Crippen LogP contribution in [0.1, 0.15) is 54.2 Å². The Balaban J connectivity index is 1.81. The van der Waals surface area contributed by atoms with Gasteiger partial charge in [-0.25, -0.2) is 13.1 Å². The number of aryl methyl sites for hydroxylation is 1. The van der Waals surface area contributed by atoms with Crippen molar-refractivity contribution in [1.29, 1.82) is 0 Å². The predicted molar refractivity (Wildman–Crippen MR) is 101 cm³/mol. The molecule has 0 radical (unpaired) electrons. The number of benzene rings is 2. The maximum atomic E-state index is 12.7. The molecular formula is C20H24N2O3S. The van der Waals surface area contributed by atoms with Crippen LogP contribution in [0.2, 0.25) is 0 Å². The molecule has 1 aliphatic rings. The smallest absolute Gasteiger partial charge is 0.251 e. The molecule has 1 aliphatic carbocycles. The molecule has 0 saturated heterocycles. The SMILES string of the molecule is CC(C)NS(=O)(=O)c1cccc(C(=O)N[C@@H]2CCCc3ccccc32)c1. The highest BCUT2D eigenvalue weighted by molar-refractivity contribution is 7.89. The van der Waals surface area contributed by atoms with E-state index in [-0.39, 0.29) is 22.9 Å². The second-order valence-corrected chi connectivity index (χ2v) is 8.63. The fraction of sp³-hybridized carbons (Fsp3) is 0.350. The first-order valence-electron chi connectivity index (χ1n) is 8.88. The highest BCUT2D eigenvalue weighted by Crippen LogP contribution is 2.29. The van der Waals surface area contributed by atoms with Crippen LogP contribution < -0.4 is 10.0 Å². The van der Waals surface area contributed by atoms with Crippen molar-refractivity contribution in [1.82, 2.24) is 10.0 Å². The van der Waals surface area contributed by atoms with E-state index in [4.69, 9.17) is 0 Å². The molecule has 138 valence electrons. The minimum absolute atomic E-state index is 0.0403. The van der Waals surface area contributed by atoms with E-state index < -0.39 is 10.0 Å². The summed E-state index contributed by atoms with van der Waals surface area (Å²) in [5.41, 5.74) is 2.76. The van der Waals surface area contributed by atoms with Gasteiger partial charge in [0.2, 0.25) is 10.0 Å². The summed E-state index contributed by atoms with van der Waals surface area (Å²) in [5, 5.41) is 3.06. The summed E-state index contributed by atoms with van der Waals surface area (Å²) in [4.78, 5) is 12.8. The first-order chi connectivity index (χ1) is 12.4. The maximum absolute atomic E-state index is 12.7. The molecule has 0 heterocycles. The zero-order chi connectivity index (χ0) is 18.7. The number of hydrogen-bond donors (Lipinski definition) is 2. The Labute approximate surface area is 154 Å². The van der Waals surface area contributed by atoms with Crippen LogP contribution in [0.5, 0.6) is 0 Å². The van der Waals surface area contributed by atoms with Crippen LogP contribution in [-0.4, -0.2) is 20.4 Å².